The number of fused-ring (bicyclic) bond motifs is 6. The first-order chi connectivity index (χ1) is 13.3. The van der Waals surface area contributed by atoms with E-state index >= 15 is 0 Å². The van der Waals surface area contributed by atoms with Crippen molar-refractivity contribution in [2.75, 3.05) is 11.1 Å². The van der Waals surface area contributed by atoms with Crippen molar-refractivity contribution in [3.63, 3.8) is 0 Å². The van der Waals surface area contributed by atoms with E-state index in [1.807, 2.05) is 0 Å². The number of hydrogen-bond donors (Lipinski definition) is 1. The summed E-state index contributed by atoms with van der Waals surface area (Å²) < 4.78 is 0. The number of rotatable bonds is 4. The molecule has 1 saturated carbocycles. The normalized spacial score (nSPS) is 26.1. The van der Waals surface area contributed by atoms with E-state index in [9.17, 15) is 9.59 Å². The quantitative estimate of drug-likeness (QED) is 0.631. The molecule has 1 amide bonds. The number of nitrogens with zero attached hydrogens (tertiary/aromatic N) is 3. The topological polar surface area (TPSA) is 84.8 Å². The van der Waals surface area contributed by atoms with Crippen LogP contribution in [-0.4, -0.2) is 32.6 Å². The van der Waals surface area contributed by atoms with Crippen LogP contribution in [0.5, 0.6) is 0 Å². The molecule has 6 nitrogen and oxygen atoms in total. The zero-order valence-corrected chi connectivity index (χ0v) is 17.0. The molecule has 1 aliphatic heterocycles. The van der Waals surface area contributed by atoms with Gasteiger partial charge in [-0.2, -0.15) is 5.10 Å². The molecule has 0 unspecified atom stereocenters. The first-order valence-electron chi connectivity index (χ1n) is 9.63. The number of ketones is 1. The average Bonchev–Trinajstić information content (AvgIpc) is 3.20. The highest BCUT2D eigenvalue weighted by atomic mass is 32.2. The van der Waals surface area contributed by atoms with Crippen LogP contribution in [0.1, 0.15) is 66.8 Å². The van der Waals surface area contributed by atoms with Gasteiger partial charge >= 0.3 is 0 Å². The Hall–Kier alpha value is -2.28. The number of carbonyl (C=O) groups is 2. The van der Waals surface area contributed by atoms with Crippen molar-refractivity contribution >= 4 is 29.1 Å². The predicted octanol–water partition coefficient (Wildman–Crippen LogP) is 3.52. The molecule has 1 aromatic carbocycles. The summed E-state index contributed by atoms with van der Waals surface area (Å²) in [6.45, 7) is 6.89. The van der Waals surface area contributed by atoms with Crippen molar-refractivity contribution in [1.29, 1.82) is 0 Å². The molecule has 3 aliphatic rings. The second-order valence-electron chi connectivity index (χ2n) is 8.78. The molecule has 7 heteroatoms. The summed E-state index contributed by atoms with van der Waals surface area (Å²) in [6.07, 6.45) is 2.60. The molecular formula is C21H22N4O2S. The van der Waals surface area contributed by atoms with Gasteiger partial charge in [0.25, 0.3) is 0 Å². The Balaban J connectivity index is 1.33. The largest absolute Gasteiger partial charge is 0.326 e. The average molecular weight is 395 g/mol. The Labute approximate surface area is 167 Å². The van der Waals surface area contributed by atoms with Gasteiger partial charge < -0.3 is 5.32 Å². The fourth-order valence-electron chi connectivity index (χ4n) is 5.04. The van der Waals surface area contributed by atoms with E-state index < -0.39 is 0 Å². The van der Waals surface area contributed by atoms with Crippen molar-refractivity contribution in [2.45, 2.75) is 56.5 Å². The van der Waals surface area contributed by atoms with Gasteiger partial charge in [0.1, 0.15) is 0 Å². The standard InChI is InChI=1S/C21H22N4O2S/c1-20(2)13-6-7-21(20,3)18-17(13)24-25-19(23-18)28-10-15(26)11-4-5-14-12(8-11)9-16(27)22-14/h4-5,8,13H,6-7,9-10H2,1-3H3,(H,22,27)/t13-,21+/m1/s1. The fourth-order valence-corrected chi connectivity index (χ4v) is 5.72. The summed E-state index contributed by atoms with van der Waals surface area (Å²) in [7, 11) is 0. The van der Waals surface area contributed by atoms with Gasteiger partial charge in [0.2, 0.25) is 11.1 Å². The van der Waals surface area contributed by atoms with Gasteiger partial charge in [0.15, 0.2) is 5.78 Å². The Bertz CT molecular complexity index is 1040. The molecule has 0 saturated heterocycles. The van der Waals surface area contributed by atoms with Crippen LogP contribution in [0.4, 0.5) is 5.69 Å². The Morgan fingerprint density at radius 1 is 1.29 bits per heavy atom. The minimum absolute atomic E-state index is 0.00399. The van der Waals surface area contributed by atoms with E-state index in [-0.39, 0.29) is 28.3 Å². The van der Waals surface area contributed by atoms with E-state index in [0.29, 0.717) is 23.1 Å². The third kappa shape index (κ3) is 2.38. The minimum atomic E-state index is -0.0303. The zero-order chi connectivity index (χ0) is 19.7. The monoisotopic (exact) mass is 394 g/mol. The number of anilines is 1. The molecule has 1 fully saturated rings. The van der Waals surface area contributed by atoms with Gasteiger partial charge in [-0.25, -0.2) is 4.98 Å². The highest BCUT2D eigenvalue weighted by molar-refractivity contribution is 7.99. The summed E-state index contributed by atoms with van der Waals surface area (Å²) in [5, 5.41) is 12.1. The molecule has 2 bridgehead atoms. The first-order valence-corrected chi connectivity index (χ1v) is 10.6. The third-order valence-corrected chi connectivity index (χ3v) is 7.99. The van der Waals surface area contributed by atoms with E-state index in [1.54, 1.807) is 18.2 Å². The number of nitrogens with one attached hydrogen (secondary N) is 1. The number of Topliss-reactive ketones (excluding diaryl/α,β-unsaturated/α-hetero) is 1. The highest BCUT2D eigenvalue weighted by Gasteiger charge is 2.61. The lowest BCUT2D eigenvalue weighted by molar-refractivity contribution is -0.115. The smallest absolute Gasteiger partial charge is 0.228 e. The summed E-state index contributed by atoms with van der Waals surface area (Å²) in [5.41, 5.74) is 4.58. The number of benzene rings is 1. The van der Waals surface area contributed by atoms with Crippen LogP contribution >= 0.6 is 11.8 Å². The molecule has 5 rings (SSSR count). The van der Waals surface area contributed by atoms with Crippen LogP contribution < -0.4 is 5.32 Å². The number of thioether (sulfide) groups is 1. The molecule has 0 radical (unpaired) electrons. The number of amides is 1. The highest BCUT2D eigenvalue weighted by Crippen LogP contribution is 2.66. The number of aromatic nitrogens is 3. The second-order valence-corrected chi connectivity index (χ2v) is 9.72. The summed E-state index contributed by atoms with van der Waals surface area (Å²) in [5.74, 6) is 0.655. The molecule has 2 aliphatic carbocycles. The van der Waals surface area contributed by atoms with Crippen LogP contribution in [0.2, 0.25) is 0 Å². The summed E-state index contributed by atoms with van der Waals surface area (Å²) >= 11 is 1.33. The molecule has 0 spiro atoms. The van der Waals surface area contributed by atoms with Gasteiger partial charge in [-0.05, 0) is 42.0 Å². The molecule has 1 aromatic heterocycles. The molecule has 144 valence electrons. The number of carbonyl (C=O) groups excluding carboxylic acids is 2. The van der Waals surface area contributed by atoms with Crippen LogP contribution in [0.15, 0.2) is 23.4 Å². The molecule has 2 aromatic rings. The lowest BCUT2D eigenvalue weighted by atomic mass is 9.70. The maximum Gasteiger partial charge on any atom is 0.228 e. The van der Waals surface area contributed by atoms with E-state index in [4.69, 9.17) is 4.98 Å². The van der Waals surface area contributed by atoms with Crippen molar-refractivity contribution in [3.05, 3.63) is 40.7 Å². The molecule has 2 heterocycles. The Morgan fingerprint density at radius 2 is 2.11 bits per heavy atom. The lowest BCUT2D eigenvalue weighted by Crippen LogP contribution is -2.32. The molecule has 2 atom stereocenters. The summed E-state index contributed by atoms with van der Waals surface area (Å²) in [6, 6.07) is 5.36. The van der Waals surface area contributed by atoms with Crippen LogP contribution in [0, 0.1) is 5.41 Å². The van der Waals surface area contributed by atoms with E-state index in [2.05, 4.69) is 36.3 Å². The SMILES string of the molecule is CC1(C)[C@@H]2CC[C@@]1(C)c1nc(SCC(=O)c3ccc4c(c3)CC(=O)N4)nnc12. The van der Waals surface area contributed by atoms with Gasteiger partial charge in [0, 0.05) is 22.6 Å². The Morgan fingerprint density at radius 3 is 2.93 bits per heavy atom. The van der Waals surface area contributed by atoms with Crippen LogP contribution in [0.25, 0.3) is 0 Å². The lowest BCUT2D eigenvalue weighted by Gasteiger charge is -2.33. The molecule has 28 heavy (non-hydrogen) atoms. The maximum atomic E-state index is 12.6. The van der Waals surface area contributed by atoms with Gasteiger partial charge in [0.05, 0.1) is 23.6 Å². The van der Waals surface area contributed by atoms with Crippen molar-refractivity contribution in [3.8, 4) is 0 Å². The van der Waals surface area contributed by atoms with Crippen LogP contribution in [0.3, 0.4) is 0 Å². The van der Waals surface area contributed by atoms with Gasteiger partial charge in [-0.3, -0.25) is 9.59 Å². The minimum Gasteiger partial charge on any atom is -0.326 e. The fraction of sp³-hybridized carbons (Fsp3) is 0.476. The third-order valence-electron chi connectivity index (χ3n) is 7.16. The molecular weight excluding hydrogens is 372 g/mol. The molecule has 1 N–H and O–H groups in total. The van der Waals surface area contributed by atoms with E-state index in [0.717, 1.165) is 35.5 Å². The van der Waals surface area contributed by atoms with Crippen molar-refractivity contribution in [2.24, 2.45) is 5.41 Å². The van der Waals surface area contributed by atoms with Crippen LogP contribution in [-0.2, 0) is 16.6 Å². The zero-order valence-electron chi connectivity index (χ0n) is 16.2. The predicted molar refractivity (Wildman–Crippen MR) is 107 cm³/mol. The van der Waals surface area contributed by atoms with Gasteiger partial charge in [-0.15, -0.1) is 5.10 Å². The maximum absolute atomic E-state index is 12.6. The number of hydrogen-bond acceptors (Lipinski definition) is 6. The first kappa shape index (κ1) is 17.8. The Kier molecular flexibility index (Phi) is 3.72. The van der Waals surface area contributed by atoms with Gasteiger partial charge in [-0.1, -0.05) is 32.5 Å². The summed E-state index contributed by atoms with van der Waals surface area (Å²) in [4.78, 5) is 28.9. The van der Waals surface area contributed by atoms with Crippen molar-refractivity contribution in [1.82, 2.24) is 15.2 Å². The van der Waals surface area contributed by atoms with E-state index in [1.165, 1.54) is 11.8 Å². The second kappa shape index (κ2) is 5.86. The van der Waals surface area contributed by atoms with Crippen molar-refractivity contribution < 1.29 is 9.59 Å².